The number of nitrogens with zero attached hydrogens (tertiary/aromatic N) is 3. The first kappa shape index (κ1) is 14.3. The van der Waals surface area contributed by atoms with Crippen molar-refractivity contribution in [3.05, 3.63) is 36.2 Å². The molecule has 3 rings (SSSR count). The lowest BCUT2D eigenvalue weighted by molar-refractivity contribution is 0.0581. The van der Waals surface area contributed by atoms with Crippen LogP contribution in [-0.2, 0) is 0 Å². The summed E-state index contributed by atoms with van der Waals surface area (Å²) in [5.74, 6) is 0.664. The Balaban J connectivity index is 1.85. The smallest absolute Gasteiger partial charge is 0.254 e. The molecule has 0 saturated heterocycles. The van der Waals surface area contributed by atoms with Crippen molar-refractivity contribution in [2.24, 2.45) is 0 Å². The number of hydrogen-bond donors (Lipinski definition) is 0. The summed E-state index contributed by atoms with van der Waals surface area (Å²) in [5, 5.41) is 0. The van der Waals surface area contributed by atoms with Gasteiger partial charge in [-0.3, -0.25) is 14.8 Å². The molecule has 0 radical (unpaired) electrons. The topological polar surface area (TPSA) is 46.1 Å². The highest BCUT2D eigenvalue weighted by Gasteiger charge is 2.29. The molecule has 0 unspecified atom stereocenters. The fourth-order valence-corrected chi connectivity index (χ4v) is 2.76. The fourth-order valence-electron chi connectivity index (χ4n) is 2.64. The van der Waals surface area contributed by atoms with Crippen LogP contribution in [0.3, 0.4) is 0 Å². The molecule has 21 heavy (non-hydrogen) atoms. The van der Waals surface area contributed by atoms with E-state index in [4.69, 9.17) is 11.6 Å². The van der Waals surface area contributed by atoms with Gasteiger partial charge in [-0.2, -0.15) is 0 Å². The Morgan fingerprint density at radius 2 is 2.00 bits per heavy atom. The molecule has 110 valence electrons. The minimum Gasteiger partial charge on any atom is -0.336 e. The molecule has 1 aromatic carbocycles. The van der Waals surface area contributed by atoms with Crippen LogP contribution in [0.2, 0.25) is 0 Å². The number of aromatic nitrogens is 2. The molecule has 1 heterocycles. The SMILES string of the molecule is O=C(c1ccc2nccnc2c1)N(CCCCl)C1CCC1. The molecule has 0 bridgehead atoms. The standard InChI is InChI=1S/C16H18ClN3O/c17-7-2-10-20(13-3-1-4-13)16(21)12-5-6-14-15(11-12)19-9-8-18-14/h5-6,8-9,11,13H,1-4,7,10H2. The highest BCUT2D eigenvalue weighted by molar-refractivity contribution is 6.17. The maximum atomic E-state index is 12.8. The van der Waals surface area contributed by atoms with Crippen molar-refractivity contribution in [2.45, 2.75) is 31.7 Å². The van der Waals surface area contributed by atoms with E-state index in [2.05, 4.69) is 9.97 Å². The molecule has 1 saturated carbocycles. The lowest BCUT2D eigenvalue weighted by Gasteiger charge is -2.37. The van der Waals surface area contributed by atoms with E-state index >= 15 is 0 Å². The largest absolute Gasteiger partial charge is 0.336 e. The highest BCUT2D eigenvalue weighted by Crippen LogP contribution is 2.27. The Hall–Kier alpha value is -1.68. The first-order valence-electron chi connectivity index (χ1n) is 7.37. The van der Waals surface area contributed by atoms with Crippen molar-refractivity contribution in [3.8, 4) is 0 Å². The number of carbonyl (C=O) groups is 1. The maximum absolute atomic E-state index is 12.8. The zero-order valence-electron chi connectivity index (χ0n) is 11.8. The first-order chi connectivity index (χ1) is 10.3. The van der Waals surface area contributed by atoms with Crippen molar-refractivity contribution in [1.82, 2.24) is 14.9 Å². The van der Waals surface area contributed by atoms with Crippen LogP contribution in [0.5, 0.6) is 0 Å². The predicted molar refractivity (Wildman–Crippen MR) is 83.6 cm³/mol. The lowest BCUT2D eigenvalue weighted by atomic mass is 9.90. The zero-order valence-corrected chi connectivity index (χ0v) is 12.6. The van der Waals surface area contributed by atoms with Gasteiger partial charge in [-0.15, -0.1) is 11.6 Å². The van der Waals surface area contributed by atoms with Crippen LogP contribution in [0.15, 0.2) is 30.6 Å². The van der Waals surface area contributed by atoms with Gasteiger partial charge >= 0.3 is 0 Å². The molecular formula is C16H18ClN3O. The number of halogens is 1. The van der Waals surface area contributed by atoms with Gasteiger partial charge in [0.05, 0.1) is 11.0 Å². The molecule has 1 amide bonds. The second kappa shape index (κ2) is 6.39. The minimum absolute atomic E-state index is 0.0809. The van der Waals surface area contributed by atoms with Crippen molar-refractivity contribution >= 4 is 28.5 Å². The van der Waals surface area contributed by atoms with Gasteiger partial charge < -0.3 is 4.90 Å². The van der Waals surface area contributed by atoms with Crippen LogP contribution in [-0.4, -0.2) is 39.2 Å². The van der Waals surface area contributed by atoms with Gasteiger partial charge in [0.25, 0.3) is 5.91 Å². The Labute approximate surface area is 129 Å². The second-order valence-corrected chi connectivity index (χ2v) is 5.76. The van der Waals surface area contributed by atoms with Crippen molar-refractivity contribution in [1.29, 1.82) is 0 Å². The molecule has 1 aliphatic carbocycles. The third kappa shape index (κ3) is 3.00. The minimum atomic E-state index is 0.0809. The summed E-state index contributed by atoms with van der Waals surface area (Å²) in [7, 11) is 0. The van der Waals surface area contributed by atoms with Gasteiger partial charge in [-0.05, 0) is 43.9 Å². The fraction of sp³-hybridized carbons (Fsp3) is 0.438. The summed E-state index contributed by atoms with van der Waals surface area (Å²) in [5.41, 5.74) is 2.25. The third-order valence-corrected chi connectivity index (χ3v) is 4.29. The van der Waals surface area contributed by atoms with Gasteiger partial charge in [0.15, 0.2) is 0 Å². The quantitative estimate of drug-likeness (QED) is 0.797. The summed E-state index contributed by atoms with van der Waals surface area (Å²) in [6.45, 7) is 0.728. The van der Waals surface area contributed by atoms with Crippen molar-refractivity contribution < 1.29 is 4.79 Å². The van der Waals surface area contributed by atoms with Crippen LogP contribution < -0.4 is 0 Å². The third-order valence-electron chi connectivity index (χ3n) is 4.03. The number of amides is 1. The number of rotatable bonds is 5. The molecule has 1 aromatic heterocycles. The van der Waals surface area contributed by atoms with E-state index in [1.807, 2.05) is 23.1 Å². The summed E-state index contributed by atoms with van der Waals surface area (Å²) in [6.07, 6.45) is 7.54. The maximum Gasteiger partial charge on any atom is 0.254 e. The number of alkyl halides is 1. The molecule has 1 fully saturated rings. The Morgan fingerprint density at radius 3 is 2.67 bits per heavy atom. The number of fused-ring (bicyclic) bond motifs is 1. The predicted octanol–water partition coefficient (Wildman–Crippen LogP) is 3.25. The molecule has 2 aromatic rings. The molecule has 0 spiro atoms. The zero-order chi connectivity index (χ0) is 14.7. The summed E-state index contributed by atoms with van der Waals surface area (Å²) >= 11 is 5.78. The molecule has 1 aliphatic rings. The van der Waals surface area contributed by atoms with Crippen LogP contribution in [0.4, 0.5) is 0 Å². The van der Waals surface area contributed by atoms with Crippen LogP contribution in [0, 0.1) is 0 Å². The number of benzene rings is 1. The average Bonchev–Trinajstić information content (AvgIpc) is 2.48. The number of carbonyl (C=O) groups excluding carboxylic acids is 1. The van der Waals surface area contributed by atoms with E-state index in [1.54, 1.807) is 12.4 Å². The van der Waals surface area contributed by atoms with Crippen LogP contribution in [0.25, 0.3) is 11.0 Å². The molecule has 0 atom stereocenters. The van der Waals surface area contributed by atoms with Gasteiger partial charge in [-0.1, -0.05) is 0 Å². The number of hydrogen-bond acceptors (Lipinski definition) is 3. The summed E-state index contributed by atoms with van der Waals surface area (Å²) in [6, 6.07) is 5.90. The van der Waals surface area contributed by atoms with E-state index < -0.39 is 0 Å². The second-order valence-electron chi connectivity index (χ2n) is 5.39. The van der Waals surface area contributed by atoms with Gasteiger partial charge in [0.2, 0.25) is 0 Å². The molecular weight excluding hydrogens is 286 g/mol. The Bertz CT molecular complexity index is 642. The summed E-state index contributed by atoms with van der Waals surface area (Å²) < 4.78 is 0. The van der Waals surface area contributed by atoms with Gasteiger partial charge in [0, 0.05) is 36.4 Å². The van der Waals surface area contributed by atoms with Crippen molar-refractivity contribution in [2.75, 3.05) is 12.4 Å². The Kier molecular flexibility index (Phi) is 4.34. The van der Waals surface area contributed by atoms with Gasteiger partial charge in [0.1, 0.15) is 0 Å². The molecule has 5 heteroatoms. The van der Waals surface area contributed by atoms with Crippen molar-refractivity contribution in [3.63, 3.8) is 0 Å². The average molecular weight is 304 g/mol. The highest BCUT2D eigenvalue weighted by atomic mass is 35.5. The van der Waals surface area contributed by atoms with E-state index in [0.29, 0.717) is 17.5 Å². The molecule has 0 aliphatic heterocycles. The van der Waals surface area contributed by atoms with E-state index in [-0.39, 0.29) is 5.91 Å². The molecule has 4 nitrogen and oxygen atoms in total. The van der Waals surface area contributed by atoms with E-state index in [0.717, 1.165) is 36.8 Å². The monoisotopic (exact) mass is 303 g/mol. The molecule has 0 N–H and O–H groups in total. The van der Waals surface area contributed by atoms with E-state index in [9.17, 15) is 4.79 Å². The van der Waals surface area contributed by atoms with Crippen LogP contribution in [0.1, 0.15) is 36.0 Å². The van der Waals surface area contributed by atoms with Crippen LogP contribution >= 0.6 is 11.6 Å². The van der Waals surface area contributed by atoms with Gasteiger partial charge in [-0.25, -0.2) is 0 Å². The lowest BCUT2D eigenvalue weighted by Crippen LogP contribution is -2.44. The Morgan fingerprint density at radius 1 is 1.24 bits per heavy atom. The summed E-state index contributed by atoms with van der Waals surface area (Å²) in [4.78, 5) is 23.2. The van der Waals surface area contributed by atoms with E-state index in [1.165, 1.54) is 6.42 Å². The normalized spacial score (nSPS) is 14.9. The first-order valence-corrected chi connectivity index (χ1v) is 7.91.